The minimum Gasteiger partial charge on any atom is -0.211 e. The summed E-state index contributed by atoms with van der Waals surface area (Å²) in [6.45, 7) is 3.58. The first-order valence-corrected chi connectivity index (χ1v) is 3.89. The lowest BCUT2D eigenvalue weighted by Crippen LogP contribution is -2.53. The highest BCUT2D eigenvalue weighted by Crippen LogP contribution is 2.51. The molecule has 0 spiro atoms. The monoisotopic (exact) mass is 175 g/mol. The Bertz CT molecular complexity index is 223. The van der Waals surface area contributed by atoms with Gasteiger partial charge in [-0.1, -0.05) is 13.8 Å². The number of halogens is 2. The van der Waals surface area contributed by atoms with E-state index in [1.165, 1.54) is 6.08 Å². The molecule has 0 saturated heterocycles. The summed E-state index contributed by atoms with van der Waals surface area (Å²) in [6.07, 6.45) is 0.746. The molecule has 0 radical (unpaired) electrons. The van der Waals surface area contributed by atoms with Gasteiger partial charge in [0.05, 0.1) is 5.54 Å². The van der Waals surface area contributed by atoms with Crippen LogP contribution in [-0.2, 0) is 4.79 Å². The van der Waals surface area contributed by atoms with Crippen molar-refractivity contribution in [3.63, 3.8) is 0 Å². The lowest BCUT2D eigenvalue weighted by atomic mass is 9.67. The Balaban J connectivity index is 2.75. The summed E-state index contributed by atoms with van der Waals surface area (Å²) in [7, 11) is 0. The number of isocyanates is 1. The molecule has 2 nitrogen and oxygen atoms in total. The van der Waals surface area contributed by atoms with Crippen LogP contribution in [0.15, 0.2) is 4.99 Å². The predicted octanol–water partition coefficient (Wildman–Crippen LogP) is 2.15. The second-order valence-electron chi connectivity index (χ2n) is 3.67. The van der Waals surface area contributed by atoms with E-state index in [1.807, 2.05) is 0 Å². The van der Waals surface area contributed by atoms with Crippen molar-refractivity contribution in [1.82, 2.24) is 0 Å². The average Bonchev–Trinajstić information content (AvgIpc) is 1.83. The maximum Gasteiger partial charge on any atom is 0.252 e. The quantitative estimate of drug-likeness (QED) is 0.467. The molecule has 1 fully saturated rings. The zero-order chi connectivity index (χ0) is 9.41. The van der Waals surface area contributed by atoms with Gasteiger partial charge in [-0.15, -0.1) is 0 Å². The molecule has 0 unspecified atom stereocenters. The summed E-state index contributed by atoms with van der Waals surface area (Å²) in [5.41, 5.74) is -0.842. The Hall–Kier alpha value is -0.760. The van der Waals surface area contributed by atoms with E-state index in [4.69, 9.17) is 0 Å². The number of nitrogens with zero attached hydrogens (tertiary/aromatic N) is 1. The topological polar surface area (TPSA) is 29.4 Å². The maximum absolute atomic E-state index is 12.5. The molecule has 68 valence electrons. The molecule has 0 aromatic carbocycles. The van der Waals surface area contributed by atoms with Crippen LogP contribution in [0.25, 0.3) is 0 Å². The van der Waals surface area contributed by atoms with Gasteiger partial charge in [-0.2, -0.15) is 4.99 Å². The standard InChI is InChI=1S/C8H11F2NO/c1-6(2)7(11-5-12)3-8(9,10)4-7/h6H,3-4H2,1-2H3. The van der Waals surface area contributed by atoms with Crippen molar-refractivity contribution >= 4 is 6.08 Å². The fraction of sp³-hybridized carbons (Fsp3) is 0.875. The van der Waals surface area contributed by atoms with Crippen LogP contribution in [0, 0.1) is 5.92 Å². The van der Waals surface area contributed by atoms with Crippen LogP contribution in [0.4, 0.5) is 8.78 Å². The van der Waals surface area contributed by atoms with Crippen LogP contribution >= 0.6 is 0 Å². The summed E-state index contributed by atoms with van der Waals surface area (Å²) in [5.74, 6) is -2.66. The highest BCUT2D eigenvalue weighted by molar-refractivity contribution is 5.36. The molecule has 0 bridgehead atoms. The first-order chi connectivity index (χ1) is 5.42. The Labute approximate surface area is 69.7 Å². The van der Waals surface area contributed by atoms with E-state index >= 15 is 0 Å². The third-order valence-electron chi connectivity index (χ3n) is 2.47. The van der Waals surface area contributed by atoms with Crippen molar-refractivity contribution in [2.75, 3.05) is 0 Å². The van der Waals surface area contributed by atoms with E-state index in [0.717, 1.165) is 0 Å². The first-order valence-electron chi connectivity index (χ1n) is 3.89. The summed E-state index contributed by atoms with van der Waals surface area (Å²) in [6, 6.07) is 0. The SMILES string of the molecule is CC(C)C1(N=C=O)CC(F)(F)C1. The zero-order valence-electron chi connectivity index (χ0n) is 7.10. The molecule has 0 N–H and O–H groups in total. The van der Waals surface area contributed by atoms with Crippen molar-refractivity contribution in [3.8, 4) is 0 Å². The fourth-order valence-corrected chi connectivity index (χ4v) is 1.55. The first kappa shape index (κ1) is 9.33. The molecule has 1 saturated carbocycles. The molecule has 0 amide bonds. The van der Waals surface area contributed by atoms with E-state index in [9.17, 15) is 13.6 Å². The molecule has 0 atom stereocenters. The lowest BCUT2D eigenvalue weighted by Gasteiger charge is -2.45. The van der Waals surface area contributed by atoms with Crippen LogP contribution in [0.3, 0.4) is 0 Å². The van der Waals surface area contributed by atoms with E-state index < -0.39 is 11.5 Å². The fourth-order valence-electron chi connectivity index (χ4n) is 1.55. The second-order valence-corrected chi connectivity index (χ2v) is 3.67. The molecule has 0 aromatic rings. The Morgan fingerprint density at radius 3 is 2.17 bits per heavy atom. The van der Waals surface area contributed by atoms with Crippen LogP contribution in [-0.4, -0.2) is 17.5 Å². The Morgan fingerprint density at radius 1 is 1.42 bits per heavy atom. The number of hydrogen-bond acceptors (Lipinski definition) is 2. The van der Waals surface area contributed by atoms with Gasteiger partial charge in [-0.25, -0.2) is 13.6 Å². The maximum atomic E-state index is 12.5. The number of alkyl halides is 2. The van der Waals surface area contributed by atoms with Gasteiger partial charge in [0.2, 0.25) is 6.08 Å². The third kappa shape index (κ3) is 1.39. The third-order valence-corrected chi connectivity index (χ3v) is 2.47. The van der Waals surface area contributed by atoms with Gasteiger partial charge in [-0.3, -0.25) is 0 Å². The van der Waals surface area contributed by atoms with Crippen molar-refractivity contribution in [2.45, 2.75) is 38.2 Å². The van der Waals surface area contributed by atoms with E-state index in [-0.39, 0.29) is 18.8 Å². The van der Waals surface area contributed by atoms with Crippen molar-refractivity contribution in [3.05, 3.63) is 0 Å². The highest BCUT2D eigenvalue weighted by atomic mass is 19.3. The molecular formula is C8H11F2NO. The summed E-state index contributed by atoms with van der Waals surface area (Å²) >= 11 is 0. The van der Waals surface area contributed by atoms with Gasteiger partial charge in [0, 0.05) is 12.8 Å². The Morgan fingerprint density at radius 2 is 1.92 bits per heavy atom. The van der Waals surface area contributed by atoms with Gasteiger partial charge >= 0.3 is 0 Å². The van der Waals surface area contributed by atoms with E-state index in [1.54, 1.807) is 13.8 Å². The molecule has 4 heteroatoms. The van der Waals surface area contributed by atoms with Crippen LogP contribution in [0.5, 0.6) is 0 Å². The lowest BCUT2D eigenvalue weighted by molar-refractivity contribution is -0.134. The molecule has 0 aromatic heterocycles. The normalized spacial score (nSPS) is 24.4. The average molecular weight is 175 g/mol. The van der Waals surface area contributed by atoms with Crippen LogP contribution < -0.4 is 0 Å². The summed E-state index contributed by atoms with van der Waals surface area (Å²) in [5, 5.41) is 0. The van der Waals surface area contributed by atoms with E-state index in [2.05, 4.69) is 4.99 Å². The predicted molar refractivity (Wildman–Crippen MR) is 39.9 cm³/mol. The van der Waals surface area contributed by atoms with Gasteiger partial charge < -0.3 is 0 Å². The minimum absolute atomic E-state index is 0.0291. The molecule has 0 heterocycles. The van der Waals surface area contributed by atoms with Gasteiger partial charge in [0.15, 0.2) is 0 Å². The van der Waals surface area contributed by atoms with Crippen LogP contribution in [0.1, 0.15) is 26.7 Å². The number of hydrogen-bond donors (Lipinski definition) is 0. The molecule has 1 rings (SSSR count). The molecule has 0 aliphatic heterocycles. The summed E-state index contributed by atoms with van der Waals surface area (Å²) in [4.78, 5) is 13.5. The van der Waals surface area contributed by atoms with E-state index in [0.29, 0.717) is 0 Å². The second kappa shape index (κ2) is 2.63. The number of carbonyl (C=O) groups excluding carboxylic acids is 1. The molecule has 1 aliphatic carbocycles. The summed E-state index contributed by atoms with van der Waals surface area (Å²) < 4.78 is 25.1. The number of rotatable bonds is 2. The van der Waals surface area contributed by atoms with Gasteiger partial charge in [-0.05, 0) is 5.92 Å². The molecule has 12 heavy (non-hydrogen) atoms. The smallest absolute Gasteiger partial charge is 0.211 e. The zero-order valence-corrected chi connectivity index (χ0v) is 7.10. The van der Waals surface area contributed by atoms with Crippen molar-refractivity contribution in [1.29, 1.82) is 0 Å². The minimum atomic E-state index is -2.63. The molecular weight excluding hydrogens is 164 g/mol. The largest absolute Gasteiger partial charge is 0.252 e. The van der Waals surface area contributed by atoms with Crippen molar-refractivity contribution in [2.24, 2.45) is 10.9 Å². The molecule has 1 aliphatic rings. The van der Waals surface area contributed by atoms with Gasteiger partial charge in [0.1, 0.15) is 0 Å². The Kier molecular flexibility index (Phi) is 2.04. The number of aliphatic imine (C=N–C) groups is 1. The van der Waals surface area contributed by atoms with Gasteiger partial charge in [0.25, 0.3) is 5.92 Å². The highest BCUT2D eigenvalue weighted by Gasteiger charge is 2.58. The van der Waals surface area contributed by atoms with Crippen LogP contribution in [0.2, 0.25) is 0 Å². The van der Waals surface area contributed by atoms with Crippen molar-refractivity contribution < 1.29 is 13.6 Å².